The molecule has 16 heteroatoms. The quantitative estimate of drug-likeness (QED) is 0.352. The van der Waals surface area contributed by atoms with Crippen molar-refractivity contribution < 1.29 is 36.2 Å². The van der Waals surface area contributed by atoms with E-state index in [9.17, 15) is 31.5 Å². The highest BCUT2D eigenvalue weighted by atomic mass is 32.2. The van der Waals surface area contributed by atoms with E-state index in [1.165, 1.54) is 28.9 Å². The lowest BCUT2D eigenvalue weighted by Gasteiger charge is -2.34. The number of rotatable bonds is 6. The van der Waals surface area contributed by atoms with Gasteiger partial charge in [0.2, 0.25) is 5.88 Å². The molecule has 3 aliphatic rings. The van der Waals surface area contributed by atoms with Gasteiger partial charge in [0, 0.05) is 37.3 Å². The second kappa shape index (κ2) is 11.7. The summed E-state index contributed by atoms with van der Waals surface area (Å²) in [5.41, 5.74) is -2.41. The molecule has 4 bridgehead atoms. The van der Waals surface area contributed by atoms with Crippen LogP contribution in [0.15, 0.2) is 47.6 Å². The molecule has 1 amide bonds. The summed E-state index contributed by atoms with van der Waals surface area (Å²) < 4.78 is 75.4. The Bertz CT molecular complexity index is 1730. The van der Waals surface area contributed by atoms with Crippen molar-refractivity contribution in [2.75, 3.05) is 29.9 Å². The number of ether oxygens (including phenoxy) is 1. The van der Waals surface area contributed by atoms with E-state index in [2.05, 4.69) is 34.0 Å². The minimum Gasteiger partial charge on any atom is -0.476 e. The number of carbonyl (C=O) groups excluding carboxylic acids is 1. The molecule has 2 atom stereocenters. The molecule has 2 aliphatic heterocycles. The maximum atomic E-state index is 13.6. The van der Waals surface area contributed by atoms with Gasteiger partial charge in [0.15, 0.2) is 10.8 Å². The van der Waals surface area contributed by atoms with Crippen molar-refractivity contribution in [1.29, 1.82) is 0 Å². The highest BCUT2D eigenvalue weighted by molar-refractivity contribution is 7.90. The number of nitrogens with one attached hydrogen (secondary N) is 2. The standard InChI is InChI=1S/C30H36F3N7O5S/c1-28(2)17-19-5-4-14-34-22-6-3-7-25(35-22)46(43,44)38-27(42)20-8-9-23(36-26(20)39(28)18-19)40-15-10-24(37-40)45-16-11-21(41)29(12-13-29)30(31,32)33/h3,6-10,15,19,21,41H,4-5,11-14,16-18H2,1-2H3,(H,34,35)(H,38,42)/t19-,21?/m0/s1. The molecule has 3 aromatic rings. The number of halogens is 3. The van der Waals surface area contributed by atoms with Crippen LogP contribution in [0.25, 0.3) is 5.82 Å². The number of aliphatic hydroxyl groups is 1. The Labute approximate surface area is 264 Å². The van der Waals surface area contributed by atoms with Crippen LogP contribution in [0, 0.1) is 11.3 Å². The average Bonchev–Trinajstić information content (AvgIpc) is 3.60. The number of alkyl halides is 3. The van der Waals surface area contributed by atoms with Crippen LogP contribution in [-0.4, -0.2) is 76.7 Å². The topological polar surface area (TPSA) is 152 Å². The third kappa shape index (κ3) is 6.24. The van der Waals surface area contributed by atoms with Crippen molar-refractivity contribution in [1.82, 2.24) is 24.5 Å². The lowest BCUT2D eigenvalue weighted by atomic mass is 9.93. The number of hydrogen-bond donors (Lipinski definition) is 3. The van der Waals surface area contributed by atoms with Crippen molar-refractivity contribution >= 4 is 27.6 Å². The maximum Gasteiger partial charge on any atom is 0.396 e. The largest absolute Gasteiger partial charge is 0.476 e. The Balaban J connectivity index is 1.27. The number of aromatic nitrogens is 4. The first kappa shape index (κ1) is 32.0. The number of pyridine rings is 2. The van der Waals surface area contributed by atoms with Gasteiger partial charge in [-0.25, -0.2) is 19.4 Å². The molecule has 2 fully saturated rings. The minimum atomic E-state index is -4.47. The predicted octanol–water partition coefficient (Wildman–Crippen LogP) is 4.06. The van der Waals surface area contributed by atoms with Gasteiger partial charge in [-0.15, -0.1) is 5.10 Å². The van der Waals surface area contributed by atoms with Crippen LogP contribution >= 0.6 is 0 Å². The molecular weight excluding hydrogens is 627 g/mol. The fourth-order valence-electron chi connectivity index (χ4n) is 6.40. The van der Waals surface area contributed by atoms with E-state index in [0.717, 1.165) is 19.3 Å². The third-order valence-electron chi connectivity index (χ3n) is 9.07. The van der Waals surface area contributed by atoms with Crippen LogP contribution in [-0.2, 0) is 10.0 Å². The first-order chi connectivity index (χ1) is 21.7. The molecule has 3 aromatic heterocycles. The molecule has 6 rings (SSSR count). The summed E-state index contributed by atoms with van der Waals surface area (Å²) >= 11 is 0. The predicted molar refractivity (Wildman–Crippen MR) is 161 cm³/mol. The van der Waals surface area contributed by atoms with Crippen molar-refractivity contribution in [3.8, 4) is 11.7 Å². The first-order valence-corrected chi connectivity index (χ1v) is 16.7. The Morgan fingerprint density at radius 1 is 1.15 bits per heavy atom. The summed E-state index contributed by atoms with van der Waals surface area (Å²) in [5, 5.41) is 17.4. The van der Waals surface area contributed by atoms with Crippen molar-refractivity contribution in [2.24, 2.45) is 11.3 Å². The number of aliphatic hydroxyl groups excluding tert-OH is 1. The van der Waals surface area contributed by atoms with E-state index in [1.807, 2.05) is 4.90 Å². The highest BCUT2D eigenvalue weighted by Gasteiger charge is 2.66. The van der Waals surface area contributed by atoms with Gasteiger partial charge >= 0.3 is 6.18 Å². The fraction of sp³-hybridized carbons (Fsp3) is 0.533. The smallest absolute Gasteiger partial charge is 0.396 e. The summed E-state index contributed by atoms with van der Waals surface area (Å²) in [6.07, 6.45) is -2.34. The van der Waals surface area contributed by atoms with Gasteiger partial charge < -0.3 is 20.1 Å². The van der Waals surface area contributed by atoms with Gasteiger partial charge in [-0.1, -0.05) is 6.07 Å². The van der Waals surface area contributed by atoms with Crippen molar-refractivity contribution in [2.45, 2.75) is 75.2 Å². The van der Waals surface area contributed by atoms with Crippen LogP contribution in [0.3, 0.4) is 0 Å². The van der Waals surface area contributed by atoms with Gasteiger partial charge in [-0.2, -0.15) is 21.6 Å². The van der Waals surface area contributed by atoms with E-state index < -0.39 is 39.2 Å². The number of nitrogens with zero attached hydrogens (tertiary/aromatic N) is 5. The summed E-state index contributed by atoms with van der Waals surface area (Å²) in [7, 11) is -4.31. The molecule has 0 aromatic carbocycles. The number of hydrogen-bond acceptors (Lipinski definition) is 10. The summed E-state index contributed by atoms with van der Waals surface area (Å²) in [6.45, 7) is 5.13. The molecule has 248 valence electrons. The third-order valence-corrected chi connectivity index (χ3v) is 10.3. The van der Waals surface area contributed by atoms with E-state index >= 15 is 0 Å². The summed E-state index contributed by atoms with van der Waals surface area (Å²) in [5.74, 6) is 0.550. The van der Waals surface area contributed by atoms with Gasteiger partial charge in [0.25, 0.3) is 15.9 Å². The summed E-state index contributed by atoms with van der Waals surface area (Å²) in [6, 6.07) is 9.06. The Kier molecular flexibility index (Phi) is 8.15. The van der Waals surface area contributed by atoms with E-state index in [1.54, 1.807) is 18.3 Å². The molecule has 12 nitrogen and oxygen atoms in total. The average molecular weight is 664 g/mol. The molecule has 1 unspecified atom stereocenters. The Hall–Kier alpha value is -3.92. The van der Waals surface area contributed by atoms with Crippen molar-refractivity contribution in [3.05, 3.63) is 48.2 Å². The normalized spacial score (nSPS) is 22.4. The molecule has 1 saturated heterocycles. The Morgan fingerprint density at radius 3 is 2.67 bits per heavy atom. The number of amides is 1. The molecular formula is C30H36F3N7O5S. The van der Waals surface area contributed by atoms with Crippen LogP contribution < -0.4 is 19.7 Å². The van der Waals surface area contributed by atoms with Crippen LogP contribution in [0.4, 0.5) is 24.8 Å². The van der Waals surface area contributed by atoms with Crippen LogP contribution in [0.2, 0.25) is 0 Å². The van der Waals surface area contributed by atoms with Gasteiger partial charge in [-0.05, 0) is 76.1 Å². The maximum absolute atomic E-state index is 13.6. The number of anilines is 2. The lowest BCUT2D eigenvalue weighted by molar-refractivity contribution is -0.215. The number of sulfonamides is 1. The number of carbonyl (C=O) groups is 1. The Morgan fingerprint density at radius 2 is 1.93 bits per heavy atom. The molecule has 1 saturated carbocycles. The fourth-order valence-corrected chi connectivity index (χ4v) is 7.34. The van der Waals surface area contributed by atoms with E-state index in [4.69, 9.17) is 9.72 Å². The minimum absolute atomic E-state index is 0.0569. The molecule has 3 N–H and O–H groups in total. The zero-order valence-corrected chi connectivity index (χ0v) is 26.2. The van der Waals surface area contributed by atoms with E-state index in [0.29, 0.717) is 30.6 Å². The molecule has 5 heterocycles. The summed E-state index contributed by atoms with van der Waals surface area (Å²) in [4.78, 5) is 24.6. The van der Waals surface area contributed by atoms with Gasteiger partial charge in [0.1, 0.15) is 11.6 Å². The van der Waals surface area contributed by atoms with Gasteiger partial charge in [0.05, 0.1) is 23.7 Å². The van der Waals surface area contributed by atoms with Crippen molar-refractivity contribution in [3.63, 3.8) is 0 Å². The second-order valence-corrected chi connectivity index (χ2v) is 14.4. The highest BCUT2D eigenvalue weighted by Crippen LogP contribution is 2.60. The second-order valence-electron chi connectivity index (χ2n) is 12.8. The van der Waals surface area contributed by atoms with Gasteiger partial charge in [-0.3, -0.25) is 4.79 Å². The first-order valence-electron chi connectivity index (χ1n) is 15.2. The lowest BCUT2D eigenvalue weighted by Crippen LogP contribution is -2.41. The molecule has 46 heavy (non-hydrogen) atoms. The zero-order valence-electron chi connectivity index (χ0n) is 25.4. The molecule has 0 radical (unpaired) electrons. The monoisotopic (exact) mass is 663 g/mol. The molecule has 0 spiro atoms. The zero-order chi connectivity index (χ0) is 32.9. The van der Waals surface area contributed by atoms with Crippen LogP contribution in [0.1, 0.15) is 62.7 Å². The molecule has 1 aliphatic carbocycles. The van der Waals surface area contributed by atoms with E-state index in [-0.39, 0.29) is 48.2 Å². The number of fused-ring (bicyclic) bond motifs is 6. The SMILES string of the molecule is CC1(C)C[C@@H]2CCCNc3cccc(n3)S(=O)(=O)NC(=O)c3ccc(-n4ccc(OCCC(O)C5(C(F)(F)F)CC5)n4)nc3N1C2. The van der Waals surface area contributed by atoms with Crippen LogP contribution in [0.5, 0.6) is 5.88 Å².